The van der Waals surface area contributed by atoms with Crippen molar-refractivity contribution in [3.05, 3.63) is 56.0 Å². The van der Waals surface area contributed by atoms with Crippen LogP contribution in [0, 0.1) is 10.1 Å². The van der Waals surface area contributed by atoms with Crippen molar-refractivity contribution in [2.24, 2.45) is 5.10 Å². The number of benzene rings is 1. The summed E-state index contributed by atoms with van der Waals surface area (Å²) >= 11 is 12.4. The lowest BCUT2D eigenvalue weighted by Gasteiger charge is -2.27. The van der Waals surface area contributed by atoms with Gasteiger partial charge in [-0.2, -0.15) is 0 Å². The molecule has 0 fully saturated rings. The number of hydrogen-bond acceptors (Lipinski definition) is 6. The van der Waals surface area contributed by atoms with E-state index in [1.165, 1.54) is 21.1 Å². The van der Waals surface area contributed by atoms with Gasteiger partial charge in [0.1, 0.15) is 10.9 Å². The molecule has 11 heteroatoms. The van der Waals surface area contributed by atoms with Crippen LogP contribution >= 0.6 is 35.2 Å². The van der Waals surface area contributed by atoms with Gasteiger partial charge in [0.05, 0.1) is 6.54 Å². The van der Waals surface area contributed by atoms with Crippen molar-refractivity contribution in [2.75, 3.05) is 14.1 Å². The molecule has 1 aromatic heterocycles. The summed E-state index contributed by atoms with van der Waals surface area (Å²) in [7, 11) is 3.25. The molecule has 0 saturated heterocycles. The Morgan fingerprint density at radius 1 is 1.44 bits per heavy atom. The fraction of sp³-hybridized carbons (Fsp3) is 0.214. The van der Waals surface area contributed by atoms with Gasteiger partial charge in [0.15, 0.2) is 9.50 Å². The first-order valence-electron chi connectivity index (χ1n) is 6.91. The van der Waals surface area contributed by atoms with Gasteiger partial charge in [-0.05, 0) is 24.4 Å². The Labute approximate surface area is 158 Å². The summed E-state index contributed by atoms with van der Waals surface area (Å²) in [6, 6.07) is 8.89. The molecule has 2 aromatic rings. The Morgan fingerprint density at radius 2 is 2.12 bits per heavy atom. The van der Waals surface area contributed by atoms with E-state index in [1.54, 1.807) is 44.6 Å². The smallest absolute Gasteiger partial charge is 0.281 e. The van der Waals surface area contributed by atoms with Crippen molar-refractivity contribution < 1.29 is 9.77 Å². The molecule has 2 rings (SSSR count). The molecule has 25 heavy (non-hydrogen) atoms. The van der Waals surface area contributed by atoms with E-state index in [9.17, 15) is 10.1 Å². The Balaban J connectivity index is 2.32. The maximum absolute atomic E-state index is 10.9. The summed E-state index contributed by atoms with van der Waals surface area (Å²) in [6.07, 6.45) is 1.57. The van der Waals surface area contributed by atoms with E-state index in [0.29, 0.717) is 10.2 Å². The monoisotopic (exact) mass is 399 g/mol. The topological polar surface area (TPSA) is 84.1 Å². The summed E-state index contributed by atoms with van der Waals surface area (Å²) in [4.78, 5) is 18.5. The molecule has 8 nitrogen and oxygen atoms in total. The Morgan fingerprint density at radius 3 is 2.64 bits per heavy atom. The Kier molecular flexibility index (Phi) is 6.62. The second-order valence-electron chi connectivity index (χ2n) is 4.88. The van der Waals surface area contributed by atoms with Crippen LogP contribution in [0.4, 0.5) is 0 Å². The Bertz CT molecular complexity index is 782. The third-order valence-corrected chi connectivity index (χ3v) is 4.22. The number of rotatable bonds is 4. The molecule has 1 aromatic carbocycles. The predicted octanol–water partition coefficient (Wildman–Crippen LogP) is 3.07. The molecule has 0 N–H and O–H groups in total. The molecule has 0 unspecified atom stereocenters. The number of nitrogens with zero attached hydrogens (tertiary/aromatic N) is 5. The van der Waals surface area contributed by atoms with Crippen LogP contribution in [-0.4, -0.2) is 45.0 Å². The summed E-state index contributed by atoms with van der Waals surface area (Å²) in [6.45, 7) is 0.181. The molecule has 0 saturated carbocycles. The maximum Gasteiger partial charge on any atom is 0.281 e. The minimum absolute atomic E-state index is 0.0185. The standard InChI is InChI=1S/C14H14ClN5O3S2/c1-18(2)13(17-20(21)22)19(9-11-8-16-12(15)25-11)14(24)23-10-6-4-3-5-7-10/h3-8H,9H2,1-2H3/b17-13+. The molecular formula is C14H14ClN5O3S2. The number of guanidine groups is 1. The quantitative estimate of drug-likeness (QED) is 0.257. The SMILES string of the molecule is CN(C)/C(=N\[N+](=O)[O-])N(Cc1cnc(Cl)s1)C(=S)Oc1ccccc1. The van der Waals surface area contributed by atoms with Gasteiger partial charge in [0.25, 0.3) is 11.1 Å². The van der Waals surface area contributed by atoms with Crippen molar-refractivity contribution in [1.29, 1.82) is 0 Å². The van der Waals surface area contributed by atoms with Crippen LogP contribution in [0.2, 0.25) is 4.47 Å². The van der Waals surface area contributed by atoms with Gasteiger partial charge in [-0.3, -0.25) is 4.90 Å². The minimum Gasteiger partial charge on any atom is -0.431 e. The lowest BCUT2D eigenvalue weighted by Crippen LogP contribution is -2.45. The van der Waals surface area contributed by atoms with E-state index in [1.807, 2.05) is 6.07 Å². The van der Waals surface area contributed by atoms with Crippen LogP contribution in [-0.2, 0) is 6.54 Å². The van der Waals surface area contributed by atoms with E-state index >= 15 is 0 Å². The van der Waals surface area contributed by atoms with E-state index in [-0.39, 0.29) is 17.7 Å². The van der Waals surface area contributed by atoms with Crippen molar-refractivity contribution in [3.63, 3.8) is 0 Å². The number of para-hydroxylation sites is 1. The lowest BCUT2D eigenvalue weighted by atomic mass is 10.3. The highest BCUT2D eigenvalue weighted by atomic mass is 35.5. The van der Waals surface area contributed by atoms with E-state index in [4.69, 9.17) is 28.6 Å². The molecule has 0 radical (unpaired) electrons. The molecule has 132 valence electrons. The normalized spacial score (nSPS) is 11.1. The van der Waals surface area contributed by atoms with Crippen LogP contribution < -0.4 is 4.74 Å². The molecule has 1 heterocycles. The number of hydrazone groups is 1. The van der Waals surface area contributed by atoms with Gasteiger partial charge in [0, 0.05) is 25.2 Å². The van der Waals surface area contributed by atoms with Crippen molar-refractivity contribution in [3.8, 4) is 5.75 Å². The minimum atomic E-state index is -0.785. The number of aromatic nitrogens is 1. The number of thiocarbonyl (C=S) groups is 1. The number of hydrogen-bond donors (Lipinski definition) is 0. The third kappa shape index (κ3) is 5.62. The van der Waals surface area contributed by atoms with Crippen LogP contribution in [0.1, 0.15) is 4.88 Å². The van der Waals surface area contributed by atoms with Crippen molar-refractivity contribution in [2.45, 2.75) is 6.54 Å². The fourth-order valence-electron chi connectivity index (χ4n) is 1.83. The molecule has 0 aliphatic carbocycles. The highest BCUT2D eigenvalue weighted by Gasteiger charge is 2.25. The van der Waals surface area contributed by atoms with Gasteiger partial charge >= 0.3 is 0 Å². The Hall–Kier alpha value is -2.30. The fourth-order valence-corrected chi connectivity index (χ4v) is 3.04. The summed E-state index contributed by atoms with van der Waals surface area (Å²) in [5.74, 6) is 0.537. The molecule has 0 aliphatic rings. The number of nitro groups is 1. The first-order chi connectivity index (χ1) is 11.9. The van der Waals surface area contributed by atoms with Gasteiger partial charge in [0.2, 0.25) is 0 Å². The third-order valence-electron chi connectivity index (χ3n) is 2.82. The zero-order chi connectivity index (χ0) is 18.4. The van der Waals surface area contributed by atoms with E-state index in [0.717, 1.165) is 4.88 Å². The van der Waals surface area contributed by atoms with Crippen molar-refractivity contribution in [1.82, 2.24) is 14.8 Å². The second-order valence-corrected chi connectivity index (χ2v) is 6.93. The number of halogens is 1. The van der Waals surface area contributed by atoms with Crippen LogP contribution in [0.5, 0.6) is 5.75 Å². The van der Waals surface area contributed by atoms with Crippen LogP contribution in [0.3, 0.4) is 0 Å². The molecule has 0 atom stereocenters. The molecule has 0 spiro atoms. The molecular weight excluding hydrogens is 386 g/mol. The van der Waals surface area contributed by atoms with Crippen LogP contribution in [0.25, 0.3) is 0 Å². The molecule has 0 amide bonds. The van der Waals surface area contributed by atoms with Gasteiger partial charge < -0.3 is 9.64 Å². The highest BCUT2D eigenvalue weighted by Crippen LogP contribution is 2.21. The largest absolute Gasteiger partial charge is 0.431 e. The summed E-state index contributed by atoms with van der Waals surface area (Å²) < 4.78 is 6.01. The van der Waals surface area contributed by atoms with E-state index < -0.39 is 5.03 Å². The molecule has 0 bridgehead atoms. The number of ether oxygens (including phenoxy) is 1. The summed E-state index contributed by atoms with van der Waals surface area (Å²) in [5.41, 5.74) is 0. The average molecular weight is 400 g/mol. The lowest BCUT2D eigenvalue weighted by molar-refractivity contribution is -0.486. The van der Waals surface area contributed by atoms with Gasteiger partial charge in [-0.25, -0.2) is 15.1 Å². The van der Waals surface area contributed by atoms with Crippen LogP contribution in [0.15, 0.2) is 41.6 Å². The molecule has 0 aliphatic heterocycles. The average Bonchev–Trinajstić information content (AvgIpc) is 2.96. The maximum atomic E-state index is 10.9. The number of thiazole rings is 1. The predicted molar refractivity (Wildman–Crippen MR) is 100 cm³/mol. The van der Waals surface area contributed by atoms with E-state index in [2.05, 4.69) is 10.1 Å². The van der Waals surface area contributed by atoms with Crippen molar-refractivity contribution >= 4 is 46.3 Å². The summed E-state index contributed by atoms with van der Waals surface area (Å²) in [5, 5.41) is 13.6. The van der Waals surface area contributed by atoms with Gasteiger partial charge in [-0.1, -0.05) is 29.8 Å². The zero-order valence-electron chi connectivity index (χ0n) is 13.3. The first kappa shape index (κ1) is 19.0. The second kappa shape index (κ2) is 8.70. The zero-order valence-corrected chi connectivity index (χ0v) is 15.7. The highest BCUT2D eigenvalue weighted by molar-refractivity contribution is 7.80. The first-order valence-corrected chi connectivity index (χ1v) is 8.52. The van der Waals surface area contributed by atoms with Gasteiger partial charge in [-0.15, -0.1) is 11.3 Å².